The van der Waals surface area contributed by atoms with Crippen LogP contribution in [0.1, 0.15) is 39.5 Å². The van der Waals surface area contributed by atoms with Gasteiger partial charge in [-0.3, -0.25) is 0 Å². The van der Waals surface area contributed by atoms with E-state index in [1.54, 1.807) is 0 Å². The van der Waals surface area contributed by atoms with E-state index >= 15 is 0 Å². The minimum Gasteiger partial charge on any atom is -0.389 e. The van der Waals surface area contributed by atoms with Crippen molar-refractivity contribution in [3.8, 4) is 0 Å². The van der Waals surface area contributed by atoms with E-state index in [9.17, 15) is 5.11 Å². The quantitative estimate of drug-likeness (QED) is 0.706. The van der Waals surface area contributed by atoms with Crippen LogP contribution in [-0.4, -0.2) is 37.0 Å². The molecule has 0 aromatic carbocycles. The Morgan fingerprint density at radius 1 is 1.33 bits per heavy atom. The van der Waals surface area contributed by atoms with Gasteiger partial charge in [0.15, 0.2) is 0 Å². The summed E-state index contributed by atoms with van der Waals surface area (Å²) in [6.45, 7) is 6.36. The van der Waals surface area contributed by atoms with Crippen LogP contribution in [0.5, 0.6) is 0 Å². The maximum atomic E-state index is 9.58. The van der Waals surface area contributed by atoms with Gasteiger partial charge in [0, 0.05) is 6.54 Å². The average Bonchev–Trinajstić information content (AvgIpc) is 2.25. The van der Waals surface area contributed by atoms with Crippen LogP contribution in [0.2, 0.25) is 0 Å². The van der Waals surface area contributed by atoms with Crippen molar-refractivity contribution in [2.45, 2.75) is 51.7 Å². The second kappa shape index (κ2) is 7.20. The molecule has 15 heavy (non-hydrogen) atoms. The molecule has 1 rings (SSSR count). The molecule has 2 N–H and O–H groups in total. The van der Waals surface area contributed by atoms with E-state index in [0.717, 1.165) is 25.3 Å². The molecular formula is C12H25NO2. The number of aliphatic hydroxyl groups excluding tert-OH is 1. The molecule has 1 atom stereocenters. The van der Waals surface area contributed by atoms with Gasteiger partial charge in [0.05, 0.1) is 18.8 Å². The third kappa shape index (κ3) is 5.50. The lowest BCUT2D eigenvalue weighted by molar-refractivity contribution is -0.0276. The van der Waals surface area contributed by atoms with E-state index in [1.807, 2.05) is 6.92 Å². The Morgan fingerprint density at radius 3 is 2.60 bits per heavy atom. The van der Waals surface area contributed by atoms with Crippen LogP contribution in [0.25, 0.3) is 0 Å². The zero-order chi connectivity index (χ0) is 11.1. The largest absolute Gasteiger partial charge is 0.389 e. The van der Waals surface area contributed by atoms with Gasteiger partial charge in [-0.05, 0) is 38.1 Å². The molecule has 1 aliphatic carbocycles. The van der Waals surface area contributed by atoms with Crippen LogP contribution < -0.4 is 5.32 Å². The Morgan fingerprint density at radius 2 is 2.00 bits per heavy atom. The zero-order valence-electron chi connectivity index (χ0n) is 10.0. The molecule has 3 heteroatoms. The molecular weight excluding hydrogens is 190 g/mol. The molecule has 0 heterocycles. The summed E-state index contributed by atoms with van der Waals surface area (Å²) < 4.78 is 5.70. The van der Waals surface area contributed by atoms with Crippen LogP contribution in [-0.2, 0) is 4.74 Å². The van der Waals surface area contributed by atoms with E-state index in [-0.39, 0.29) is 6.10 Å². The highest BCUT2D eigenvalue weighted by Crippen LogP contribution is 2.25. The molecule has 0 radical (unpaired) electrons. The van der Waals surface area contributed by atoms with E-state index in [4.69, 9.17) is 4.74 Å². The fourth-order valence-corrected chi connectivity index (χ4v) is 2.01. The highest BCUT2D eigenvalue weighted by atomic mass is 16.5. The lowest BCUT2D eigenvalue weighted by Crippen LogP contribution is -2.32. The highest BCUT2D eigenvalue weighted by molar-refractivity contribution is 4.70. The van der Waals surface area contributed by atoms with Gasteiger partial charge in [0.1, 0.15) is 0 Å². The molecule has 1 fully saturated rings. The van der Waals surface area contributed by atoms with E-state index < -0.39 is 0 Å². The Balaban J connectivity index is 2.04. The average molecular weight is 215 g/mol. The SMILES string of the molecule is CCNCC(O)COC1CCC(C)CC1. The second-order valence-corrected chi connectivity index (χ2v) is 4.68. The fraction of sp³-hybridized carbons (Fsp3) is 1.00. The number of likely N-dealkylation sites (N-methyl/N-ethyl adjacent to an activating group) is 1. The summed E-state index contributed by atoms with van der Waals surface area (Å²) in [7, 11) is 0. The third-order valence-electron chi connectivity index (χ3n) is 3.12. The standard InChI is InChI=1S/C12H25NO2/c1-3-13-8-11(14)9-15-12-6-4-10(2)5-7-12/h10-14H,3-9H2,1-2H3. The maximum absolute atomic E-state index is 9.58. The number of ether oxygens (including phenoxy) is 1. The lowest BCUT2D eigenvalue weighted by atomic mass is 9.89. The summed E-state index contributed by atoms with van der Waals surface area (Å²) in [5.41, 5.74) is 0. The van der Waals surface area contributed by atoms with Crippen LogP contribution in [0.3, 0.4) is 0 Å². The zero-order valence-corrected chi connectivity index (χ0v) is 10.0. The molecule has 0 aliphatic heterocycles. The smallest absolute Gasteiger partial charge is 0.0897 e. The van der Waals surface area contributed by atoms with Gasteiger partial charge >= 0.3 is 0 Å². The van der Waals surface area contributed by atoms with Crippen molar-refractivity contribution in [3.63, 3.8) is 0 Å². The molecule has 1 saturated carbocycles. The van der Waals surface area contributed by atoms with Crippen molar-refractivity contribution in [1.29, 1.82) is 0 Å². The summed E-state index contributed by atoms with van der Waals surface area (Å²) in [4.78, 5) is 0. The molecule has 1 aliphatic rings. The first-order valence-corrected chi connectivity index (χ1v) is 6.22. The Hall–Kier alpha value is -0.120. The van der Waals surface area contributed by atoms with Gasteiger partial charge in [-0.25, -0.2) is 0 Å². The molecule has 0 saturated heterocycles. The van der Waals surface area contributed by atoms with Crippen LogP contribution in [0, 0.1) is 5.92 Å². The van der Waals surface area contributed by atoms with E-state index in [0.29, 0.717) is 19.3 Å². The number of hydrogen-bond acceptors (Lipinski definition) is 3. The van der Waals surface area contributed by atoms with Gasteiger partial charge in [0.2, 0.25) is 0 Å². The molecule has 0 aromatic rings. The molecule has 0 bridgehead atoms. The minimum atomic E-state index is -0.357. The number of rotatable bonds is 6. The van der Waals surface area contributed by atoms with Crippen molar-refractivity contribution in [2.75, 3.05) is 19.7 Å². The van der Waals surface area contributed by atoms with Crippen molar-refractivity contribution in [1.82, 2.24) is 5.32 Å². The van der Waals surface area contributed by atoms with Crippen LogP contribution >= 0.6 is 0 Å². The fourth-order valence-electron chi connectivity index (χ4n) is 2.01. The van der Waals surface area contributed by atoms with Crippen molar-refractivity contribution >= 4 is 0 Å². The van der Waals surface area contributed by atoms with E-state index in [1.165, 1.54) is 12.8 Å². The molecule has 0 spiro atoms. The first-order chi connectivity index (χ1) is 7.22. The number of hydrogen-bond donors (Lipinski definition) is 2. The number of nitrogens with one attached hydrogen (secondary N) is 1. The maximum Gasteiger partial charge on any atom is 0.0897 e. The van der Waals surface area contributed by atoms with Gasteiger partial charge < -0.3 is 15.2 Å². The molecule has 0 aromatic heterocycles. The molecule has 1 unspecified atom stereocenters. The van der Waals surface area contributed by atoms with Crippen molar-refractivity contribution < 1.29 is 9.84 Å². The Kier molecular flexibility index (Phi) is 6.22. The second-order valence-electron chi connectivity index (χ2n) is 4.68. The van der Waals surface area contributed by atoms with Gasteiger partial charge in [-0.2, -0.15) is 0 Å². The predicted octanol–water partition coefficient (Wildman–Crippen LogP) is 1.55. The predicted molar refractivity (Wildman–Crippen MR) is 61.9 cm³/mol. The van der Waals surface area contributed by atoms with E-state index in [2.05, 4.69) is 12.2 Å². The van der Waals surface area contributed by atoms with Crippen LogP contribution in [0.4, 0.5) is 0 Å². The summed E-state index contributed by atoms with van der Waals surface area (Å²) in [6, 6.07) is 0. The highest BCUT2D eigenvalue weighted by Gasteiger charge is 2.19. The van der Waals surface area contributed by atoms with Gasteiger partial charge in [-0.15, -0.1) is 0 Å². The van der Waals surface area contributed by atoms with Crippen molar-refractivity contribution in [2.24, 2.45) is 5.92 Å². The van der Waals surface area contributed by atoms with Gasteiger partial charge in [-0.1, -0.05) is 13.8 Å². The lowest BCUT2D eigenvalue weighted by Gasteiger charge is -2.27. The molecule has 3 nitrogen and oxygen atoms in total. The summed E-state index contributed by atoms with van der Waals surface area (Å²) in [6.07, 6.45) is 4.90. The first-order valence-electron chi connectivity index (χ1n) is 6.22. The Labute approximate surface area is 93.2 Å². The molecule has 90 valence electrons. The summed E-state index contributed by atoms with van der Waals surface area (Å²) in [5, 5.41) is 12.7. The van der Waals surface area contributed by atoms with Crippen LogP contribution in [0.15, 0.2) is 0 Å². The summed E-state index contributed by atoms with van der Waals surface area (Å²) in [5.74, 6) is 0.858. The number of aliphatic hydroxyl groups is 1. The minimum absolute atomic E-state index is 0.357. The topological polar surface area (TPSA) is 41.5 Å². The molecule has 0 amide bonds. The van der Waals surface area contributed by atoms with Crippen molar-refractivity contribution in [3.05, 3.63) is 0 Å². The first kappa shape index (κ1) is 12.9. The monoisotopic (exact) mass is 215 g/mol. The van der Waals surface area contributed by atoms with Gasteiger partial charge in [0.25, 0.3) is 0 Å². The third-order valence-corrected chi connectivity index (χ3v) is 3.12. The normalized spacial score (nSPS) is 29.0. The Bertz CT molecular complexity index is 156. The summed E-state index contributed by atoms with van der Waals surface area (Å²) >= 11 is 0.